The second kappa shape index (κ2) is 9.52. The fourth-order valence-corrected chi connectivity index (χ4v) is 3.36. The lowest BCUT2D eigenvalue weighted by molar-refractivity contribution is -0.143. The fourth-order valence-electron chi connectivity index (χ4n) is 2.41. The van der Waals surface area contributed by atoms with Gasteiger partial charge in [0.1, 0.15) is 0 Å². The molecule has 0 spiro atoms. The molecule has 0 aliphatic heterocycles. The lowest BCUT2D eigenvalue weighted by Crippen LogP contribution is -2.03. The molecule has 0 heterocycles. The molecule has 0 aliphatic carbocycles. The zero-order chi connectivity index (χ0) is 15.6. The summed E-state index contributed by atoms with van der Waals surface area (Å²) in [6.07, 6.45) is 4.99. The summed E-state index contributed by atoms with van der Waals surface area (Å²) in [6.45, 7) is 2.34. The Morgan fingerprint density at radius 2 is 1.77 bits per heavy atom. The summed E-state index contributed by atoms with van der Waals surface area (Å²) in [5.41, 5.74) is 0. The topological polar surface area (TPSA) is 26.3 Å². The number of hydrogen-bond acceptors (Lipinski definition) is 3. The molecule has 3 heteroatoms. The summed E-state index contributed by atoms with van der Waals surface area (Å²) in [5, 5.41) is 2.60. The molecule has 2 rings (SSSR count). The van der Waals surface area contributed by atoms with E-state index in [4.69, 9.17) is 4.74 Å². The summed E-state index contributed by atoms with van der Waals surface area (Å²) in [6, 6.07) is 15.1. The molecule has 0 aromatic heterocycles. The Bertz CT molecular complexity index is 595. The Morgan fingerprint density at radius 3 is 2.59 bits per heavy atom. The first-order chi connectivity index (χ1) is 10.8. The van der Waals surface area contributed by atoms with E-state index in [0.717, 1.165) is 18.6 Å². The smallest absolute Gasteiger partial charge is 0.305 e. The monoisotopic (exact) mass is 316 g/mol. The maximum atomic E-state index is 11.2. The summed E-state index contributed by atoms with van der Waals surface area (Å²) in [5.74, 6) is 1.07. The third-order valence-electron chi connectivity index (χ3n) is 3.57. The van der Waals surface area contributed by atoms with Gasteiger partial charge in [-0.3, -0.25) is 4.79 Å². The van der Waals surface area contributed by atoms with Gasteiger partial charge in [0.15, 0.2) is 0 Å². The van der Waals surface area contributed by atoms with Gasteiger partial charge in [-0.15, -0.1) is 11.8 Å². The normalized spacial score (nSPS) is 10.8. The van der Waals surface area contributed by atoms with Crippen LogP contribution in [0.15, 0.2) is 47.4 Å². The largest absolute Gasteiger partial charge is 0.466 e. The highest BCUT2D eigenvalue weighted by atomic mass is 32.2. The Balaban J connectivity index is 1.61. The Morgan fingerprint density at radius 1 is 1.00 bits per heavy atom. The Hall–Kier alpha value is -1.48. The van der Waals surface area contributed by atoms with E-state index >= 15 is 0 Å². The van der Waals surface area contributed by atoms with Crippen LogP contribution in [0.1, 0.15) is 39.0 Å². The van der Waals surface area contributed by atoms with Crippen LogP contribution in [0, 0.1) is 0 Å². The lowest BCUT2D eigenvalue weighted by atomic mass is 10.1. The Labute approximate surface area is 137 Å². The van der Waals surface area contributed by atoms with E-state index < -0.39 is 0 Å². The molecular weight excluding hydrogens is 292 g/mol. The Kier molecular flexibility index (Phi) is 7.31. The number of thioether (sulfide) groups is 1. The second-order valence-corrected chi connectivity index (χ2v) is 6.49. The number of esters is 1. The van der Waals surface area contributed by atoms with Crippen molar-refractivity contribution in [3.05, 3.63) is 42.5 Å². The first kappa shape index (κ1) is 16.9. The van der Waals surface area contributed by atoms with E-state index in [1.165, 1.54) is 28.5 Å². The molecule has 0 bridgehead atoms. The van der Waals surface area contributed by atoms with Gasteiger partial charge in [-0.05, 0) is 48.4 Å². The predicted molar refractivity (Wildman–Crippen MR) is 94.4 cm³/mol. The fraction of sp³-hybridized carbons (Fsp3) is 0.421. The third-order valence-corrected chi connectivity index (χ3v) is 4.65. The maximum Gasteiger partial charge on any atom is 0.305 e. The highest BCUT2D eigenvalue weighted by molar-refractivity contribution is 7.99. The lowest BCUT2D eigenvalue weighted by Gasteiger charge is -2.04. The number of ether oxygens (including phenoxy) is 1. The average Bonchev–Trinajstić information content (AvgIpc) is 2.54. The van der Waals surface area contributed by atoms with Gasteiger partial charge in [-0.2, -0.15) is 0 Å². The highest BCUT2D eigenvalue weighted by Gasteiger charge is 2.01. The molecule has 0 N–H and O–H groups in total. The minimum atomic E-state index is -0.0620. The first-order valence-electron chi connectivity index (χ1n) is 8.07. The van der Waals surface area contributed by atoms with Crippen LogP contribution in [0.2, 0.25) is 0 Å². The van der Waals surface area contributed by atoms with Crippen molar-refractivity contribution >= 4 is 28.5 Å². The number of fused-ring (bicyclic) bond motifs is 1. The number of unbranched alkanes of at least 4 members (excludes halogenated alkanes) is 3. The molecule has 2 nitrogen and oxygen atoms in total. The number of rotatable bonds is 9. The molecule has 0 atom stereocenters. The predicted octanol–water partition coefficient (Wildman–Crippen LogP) is 5.45. The van der Waals surface area contributed by atoms with Crippen LogP contribution in [0.25, 0.3) is 10.8 Å². The van der Waals surface area contributed by atoms with Gasteiger partial charge < -0.3 is 4.74 Å². The molecule has 118 valence electrons. The van der Waals surface area contributed by atoms with Crippen LogP contribution in [0.3, 0.4) is 0 Å². The summed E-state index contributed by atoms with van der Waals surface area (Å²) >= 11 is 1.92. The van der Waals surface area contributed by atoms with Crippen molar-refractivity contribution in [2.75, 3.05) is 12.4 Å². The van der Waals surface area contributed by atoms with Crippen molar-refractivity contribution in [1.29, 1.82) is 0 Å². The van der Waals surface area contributed by atoms with Crippen LogP contribution >= 0.6 is 11.8 Å². The molecule has 0 amide bonds. The minimum absolute atomic E-state index is 0.0620. The average molecular weight is 316 g/mol. The summed E-state index contributed by atoms with van der Waals surface area (Å²) < 4.78 is 4.92. The quantitative estimate of drug-likeness (QED) is 0.350. The van der Waals surface area contributed by atoms with E-state index in [0.29, 0.717) is 13.0 Å². The molecule has 0 radical (unpaired) electrons. The van der Waals surface area contributed by atoms with Gasteiger partial charge in [0, 0.05) is 11.3 Å². The number of carbonyl (C=O) groups is 1. The highest BCUT2D eigenvalue weighted by Crippen LogP contribution is 2.24. The van der Waals surface area contributed by atoms with Crippen LogP contribution in [0.4, 0.5) is 0 Å². The van der Waals surface area contributed by atoms with E-state index in [9.17, 15) is 4.79 Å². The molecule has 2 aromatic carbocycles. The number of benzene rings is 2. The zero-order valence-corrected chi connectivity index (χ0v) is 14.0. The standard InChI is InChI=1S/C19H24O2S/c1-2-21-19(20)11-5-3-4-8-14-22-18-13-12-16-9-6-7-10-17(16)15-18/h6-7,9-10,12-13,15H,2-5,8,11,14H2,1H3. The van der Waals surface area contributed by atoms with Crippen molar-refractivity contribution < 1.29 is 9.53 Å². The van der Waals surface area contributed by atoms with E-state index in [1.54, 1.807) is 0 Å². The number of carbonyl (C=O) groups excluding carboxylic acids is 1. The summed E-state index contributed by atoms with van der Waals surface area (Å²) in [7, 11) is 0. The van der Waals surface area contributed by atoms with Crippen LogP contribution in [-0.4, -0.2) is 18.3 Å². The van der Waals surface area contributed by atoms with Gasteiger partial charge in [0.2, 0.25) is 0 Å². The molecular formula is C19H24O2S. The van der Waals surface area contributed by atoms with Gasteiger partial charge in [-0.1, -0.05) is 43.2 Å². The molecule has 0 aliphatic rings. The molecule has 0 saturated carbocycles. The van der Waals surface area contributed by atoms with Crippen molar-refractivity contribution in [2.24, 2.45) is 0 Å². The van der Waals surface area contributed by atoms with Crippen molar-refractivity contribution in [2.45, 2.75) is 43.9 Å². The molecule has 0 saturated heterocycles. The molecule has 0 unspecified atom stereocenters. The molecule has 2 aromatic rings. The molecule has 0 fully saturated rings. The van der Waals surface area contributed by atoms with Gasteiger partial charge in [0.05, 0.1) is 6.61 Å². The van der Waals surface area contributed by atoms with Crippen molar-refractivity contribution in [1.82, 2.24) is 0 Å². The van der Waals surface area contributed by atoms with Gasteiger partial charge in [0.25, 0.3) is 0 Å². The SMILES string of the molecule is CCOC(=O)CCCCCCSc1ccc2ccccc2c1. The minimum Gasteiger partial charge on any atom is -0.466 e. The van der Waals surface area contributed by atoms with E-state index in [2.05, 4.69) is 42.5 Å². The molecule has 22 heavy (non-hydrogen) atoms. The van der Waals surface area contributed by atoms with Gasteiger partial charge >= 0.3 is 5.97 Å². The summed E-state index contributed by atoms with van der Waals surface area (Å²) in [4.78, 5) is 12.5. The number of hydrogen-bond donors (Lipinski definition) is 0. The van der Waals surface area contributed by atoms with Crippen LogP contribution in [0.5, 0.6) is 0 Å². The zero-order valence-electron chi connectivity index (χ0n) is 13.2. The van der Waals surface area contributed by atoms with Crippen LogP contribution < -0.4 is 0 Å². The van der Waals surface area contributed by atoms with E-state index in [-0.39, 0.29) is 5.97 Å². The maximum absolute atomic E-state index is 11.2. The van der Waals surface area contributed by atoms with Gasteiger partial charge in [-0.25, -0.2) is 0 Å². The van der Waals surface area contributed by atoms with Crippen LogP contribution in [-0.2, 0) is 9.53 Å². The van der Waals surface area contributed by atoms with E-state index in [1.807, 2.05) is 18.7 Å². The third kappa shape index (κ3) is 5.72. The van der Waals surface area contributed by atoms with Crippen molar-refractivity contribution in [3.8, 4) is 0 Å². The van der Waals surface area contributed by atoms with Crippen molar-refractivity contribution in [3.63, 3.8) is 0 Å². The second-order valence-electron chi connectivity index (χ2n) is 5.33. The first-order valence-corrected chi connectivity index (χ1v) is 9.05.